The molecule has 2 aromatic rings. The van der Waals surface area contributed by atoms with Crippen molar-refractivity contribution in [3.63, 3.8) is 0 Å². The fourth-order valence-corrected chi connectivity index (χ4v) is 3.21. The number of halogens is 2. The first kappa shape index (κ1) is 15.0. The molecule has 0 spiro atoms. The van der Waals surface area contributed by atoms with Gasteiger partial charge in [-0.15, -0.1) is 22.9 Å². The highest BCUT2D eigenvalue weighted by Crippen LogP contribution is 2.25. The summed E-state index contributed by atoms with van der Waals surface area (Å²) in [6, 6.07) is 8.72. The van der Waals surface area contributed by atoms with Crippen molar-refractivity contribution >= 4 is 38.9 Å². The molecule has 0 saturated carbocycles. The Morgan fingerprint density at radius 3 is 2.63 bits per heavy atom. The molecular formula is C14H16BrClN2S. The third-order valence-corrected chi connectivity index (χ3v) is 4.94. The molecule has 102 valence electrons. The summed E-state index contributed by atoms with van der Waals surface area (Å²) in [5, 5.41) is 3.15. The standard InChI is InChI=1S/C14H16BrClN2S/c1-10(14-17-13(7-16)9-19-14)18(2)8-11-3-5-12(15)6-4-11/h3-6,9-10H,7-8H2,1-2H3. The molecule has 0 fully saturated rings. The van der Waals surface area contributed by atoms with Gasteiger partial charge in [-0.05, 0) is 31.7 Å². The van der Waals surface area contributed by atoms with Crippen molar-refractivity contribution in [3.8, 4) is 0 Å². The number of nitrogens with zero attached hydrogens (tertiary/aromatic N) is 2. The molecule has 1 aromatic carbocycles. The van der Waals surface area contributed by atoms with Gasteiger partial charge in [-0.3, -0.25) is 4.90 Å². The zero-order valence-electron chi connectivity index (χ0n) is 10.9. The van der Waals surface area contributed by atoms with E-state index in [9.17, 15) is 0 Å². The molecule has 0 aliphatic rings. The summed E-state index contributed by atoms with van der Waals surface area (Å²) in [6.45, 7) is 3.08. The van der Waals surface area contributed by atoms with Crippen LogP contribution in [0.4, 0.5) is 0 Å². The summed E-state index contributed by atoms with van der Waals surface area (Å²) in [5.41, 5.74) is 2.26. The zero-order chi connectivity index (χ0) is 13.8. The highest BCUT2D eigenvalue weighted by Gasteiger charge is 2.15. The Kier molecular flexibility index (Phi) is 5.39. The number of aromatic nitrogens is 1. The van der Waals surface area contributed by atoms with Crippen molar-refractivity contribution in [2.45, 2.75) is 25.4 Å². The summed E-state index contributed by atoms with van der Waals surface area (Å²) in [4.78, 5) is 6.83. The van der Waals surface area contributed by atoms with Gasteiger partial charge >= 0.3 is 0 Å². The second-order valence-corrected chi connectivity index (χ2v) is 6.60. The Bertz CT molecular complexity index is 526. The molecule has 1 unspecified atom stereocenters. The molecule has 1 heterocycles. The van der Waals surface area contributed by atoms with Gasteiger partial charge in [0.15, 0.2) is 0 Å². The number of alkyl halides is 1. The molecule has 0 bridgehead atoms. The van der Waals surface area contributed by atoms with Crippen LogP contribution in [0.1, 0.15) is 29.2 Å². The number of hydrogen-bond acceptors (Lipinski definition) is 3. The lowest BCUT2D eigenvalue weighted by Crippen LogP contribution is -2.21. The maximum atomic E-state index is 5.80. The van der Waals surface area contributed by atoms with E-state index in [4.69, 9.17) is 11.6 Å². The monoisotopic (exact) mass is 358 g/mol. The minimum Gasteiger partial charge on any atom is -0.293 e. The summed E-state index contributed by atoms with van der Waals surface area (Å²) in [7, 11) is 2.12. The van der Waals surface area contributed by atoms with E-state index in [0.717, 1.165) is 21.7 Å². The van der Waals surface area contributed by atoms with Gasteiger partial charge in [0.2, 0.25) is 0 Å². The second-order valence-electron chi connectivity index (χ2n) is 4.53. The van der Waals surface area contributed by atoms with Crippen LogP contribution in [0.2, 0.25) is 0 Å². The number of rotatable bonds is 5. The van der Waals surface area contributed by atoms with Crippen molar-refractivity contribution in [2.24, 2.45) is 0 Å². The molecule has 0 amide bonds. The Hall–Kier alpha value is -0.420. The molecule has 1 atom stereocenters. The molecule has 2 nitrogen and oxygen atoms in total. The Morgan fingerprint density at radius 1 is 1.37 bits per heavy atom. The summed E-state index contributed by atoms with van der Waals surface area (Å²) >= 11 is 10.9. The normalized spacial score (nSPS) is 12.9. The molecule has 1 aromatic heterocycles. The van der Waals surface area contributed by atoms with Crippen LogP contribution in [0.5, 0.6) is 0 Å². The second kappa shape index (κ2) is 6.84. The zero-order valence-corrected chi connectivity index (χ0v) is 14.1. The van der Waals surface area contributed by atoms with E-state index < -0.39 is 0 Å². The summed E-state index contributed by atoms with van der Waals surface area (Å²) in [6.07, 6.45) is 0. The lowest BCUT2D eigenvalue weighted by atomic mass is 10.2. The van der Waals surface area contributed by atoms with Crippen LogP contribution in [-0.4, -0.2) is 16.9 Å². The molecule has 0 saturated heterocycles. The van der Waals surface area contributed by atoms with Gasteiger partial charge in [0.25, 0.3) is 0 Å². The van der Waals surface area contributed by atoms with Gasteiger partial charge in [0, 0.05) is 16.4 Å². The fraction of sp³-hybridized carbons (Fsp3) is 0.357. The lowest BCUT2D eigenvalue weighted by molar-refractivity contribution is 0.252. The maximum Gasteiger partial charge on any atom is 0.110 e. The van der Waals surface area contributed by atoms with Crippen molar-refractivity contribution in [2.75, 3.05) is 7.05 Å². The molecule has 0 aliphatic carbocycles. The van der Waals surface area contributed by atoms with Crippen LogP contribution >= 0.6 is 38.9 Å². The van der Waals surface area contributed by atoms with Crippen molar-refractivity contribution in [1.82, 2.24) is 9.88 Å². The van der Waals surface area contributed by atoms with E-state index in [1.54, 1.807) is 11.3 Å². The van der Waals surface area contributed by atoms with Crippen LogP contribution in [0.3, 0.4) is 0 Å². The average molecular weight is 360 g/mol. The van der Waals surface area contributed by atoms with Crippen LogP contribution < -0.4 is 0 Å². The molecule has 0 aliphatic heterocycles. The van der Waals surface area contributed by atoms with Crippen molar-refractivity contribution in [1.29, 1.82) is 0 Å². The predicted molar refractivity (Wildman–Crippen MR) is 85.7 cm³/mol. The van der Waals surface area contributed by atoms with E-state index in [1.807, 2.05) is 5.38 Å². The first-order valence-corrected chi connectivity index (χ1v) is 8.26. The Labute approximate surface area is 131 Å². The fourth-order valence-electron chi connectivity index (χ4n) is 1.78. The van der Waals surface area contributed by atoms with Crippen LogP contribution in [0, 0.1) is 0 Å². The minimum absolute atomic E-state index is 0.297. The number of hydrogen-bond donors (Lipinski definition) is 0. The lowest BCUT2D eigenvalue weighted by Gasteiger charge is -2.23. The highest BCUT2D eigenvalue weighted by molar-refractivity contribution is 9.10. The SMILES string of the molecule is CC(c1nc(CCl)cs1)N(C)Cc1ccc(Br)cc1. The van der Waals surface area contributed by atoms with Crippen molar-refractivity contribution < 1.29 is 0 Å². The van der Waals surface area contributed by atoms with Crippen LogP contribution in [0.25, 0.3) is 0 Å². The molecule has 0 radical (unpaired) electrons. The largest absolute Gasteiger partial charge is 0.293 e. The van der Waals surface area contributed by atoms with Gasteiger partial charge in [-0.1, -0.05) is 28.1 Å². The Morgan fingerprint density at radius 2 is 2.05 bits per heavy atom. The van der Waals surface area contributed by atoms with E-state index >= 15 is 0 Å². The smallest absolute Gasteiger partial charge is 0.110 e. The first-order chi connectivity index (χ1) is 9.10. The topological polar surface area (TPSA) is 16.1 Å². The maximum absolute atomic E-state index is 5.80. The van der Waals surface area contributed by atoms with E-state index in [2.05, 4.69) is 64.1 Å². The van der Waals surface area contributed by atoms with Gasteiger partial charge < -0.3 is 0 Å². The van der Waals surface area contributed by atoms with Crippen molar-refractivity contribution in [3.05, 3.63) is 50.4 Å². The quantitative estimate of drug-likeness (QED) is 0.710. The average Bonchev–Trinajstić information content (AvgIpc) is 2.89. The number of benzene rings is 1. The van der Waals surface area contributed by atoms with Gasteiger partial charge in [-0.2, -0.15) is 0 Å². The van der Waals surface area contributed by atoms with E-state index in [1.165, 1.54) is 5.56 Å². The molecule has 0 N–H and O–H groups in total. The van der Waals surface area contributed by atoms with E-state index in [0.29, 0.717) is 11.9 Å². The first-order valence-electron chi connectivity index (χ1n) is 6.05. The third-order valence-electron chi connectivity index (χ3n) is 3.07. The molecule has 2 rings (SSSR count). The molecule has 5 heteroatoms. The van der Waals surface area contributed by atoms with Crippen LogP contribution in [0.15, 0.2) is 34.1 Å². The van der Waals surface area contributed by atoms with Gasteiger partial charge in [0.05, 0.1) is 17.6 Å². The van der Waals surface area contributed by atoms with Gasteiger partial charge in [0.1, 0.15) is 5.01 Å². The summed E-state index contributed by atoms with van der Waals surface area (Å²) in [5.74, 6) is 0.486. The van der Waals surface area contributed by atoms with Gasteiger partial charge in [-0.25, -0.2) is 4.98 Å². The van der Waals surface area contributed by atoms with Crippen LogP contribution in [-0.2, 0) is 12.4 Å². The summed E-state index contributed by atoms with van der Waals surface area (Å²) < 4.78 is 1.11. The van der Waals surface area contributed by atoms with E-state index in [-0.39, 0.29) is 0 Å². The molecular weight excluding hydrogens is 344 g/mol. The minimum atomic E-state index is 0.297. The molecule has 19 heavy (non-hydrogen) atoms. The predicted octanol–water partition coefficient (Wildman–Crippen LogP) is 4.84. The third kappa shape index (κ3) is 4.02. The highest BCUT2D eigenvalue weighted by atomic mass is 79.9. The Balaban J connectivity index is 2.02. The number of thiazole rings is 1.